The third-order valence-corrected chi connectivity index (χ3v) is 5.67. The first kappa shape index (κ1) is 19.1. The number of anilines is 1. The van der Waals surface area contributed by atoms with E-state index in [1.165, 1.54) is 6.07 Å². The first-order valence-electron chi connectivity index (χ1n) is 9.48. The first-order valence-corrected chi connectivity index (χ1v) is 9.89. The van der Waals surface area contributed by atoms with Crippen LogP contribution in [0.2, 0.25) is 0 Å². The Hall–Kier alpha value is -3.19. The van der Waals surface area contributed by atoms with E-state index in [4.69, 9.17) is 12.2 Å². The van der Waals surface area contributed by atoms with Gasteiger partial charge in [-0.15, -0.1) is 0 Å². The number of fused-ring (bicyclic) bond motifs is 1. The molecule has 4 rings (SSSR count). The smallest absolute Gasteiger partial charge is 0.269 e. The van der Waals surface area contributed by atoms with E-state index in [-0.39, 0.29) is 16.7 Å². The number of aromatic nitrogens is 1. The number of nitrogens with zero attached hydrogens (tertiary/aromatic N) is 3. The molecule has 1 atom stereocenters. The second kappa shape index (κ2) is 7.67. The summed E-state index contributed by atoms with van der Waals surface area (Å²) in [6.45, 7) is 5.62. The molecular weight excluding hydrogens is 384 g/mol. The number of hydrogen-bond donors (Lipinski definition) is 1. The molecule has 0 spiro atoms. The number of nitrogens with one attached hydrogen (secondary N) is 1. The van der Waals surface area contributed by atoms with Crippen LogP contribution in [-0.2, 0) is 6.54 Å². The van der Waals surface area contributed by atoms with Gasteiger partial charge in [-0.2, -0.15) is 0 Å². The van der Waals surface area contributed by atoms with Crippen molar-refractivity contribution in [2.75, 3.05) is 11.9 Å². The maximum absolute atomic E-state index is 11.3. The standard InChI is InChI=1S/C22H22N4O2S/c1-15-8-9-16(2)19(13-15)23-22(29)25-12-11-24-10-4-7-20(24)21(25)17-5-3-6-18(14-17)26(27)28/h3-10,13-14,21H,11-12H2,1-2H3,(H,23,29)/t21-/m0/s1. The minimum absolute atomic E-state index is 0.0829. The highest BCUT2D eigenvalue weighted by Crippen LogP contribution is 2.34. The predicted molar refractivity (Wildman–Crippen MR) is 118 cm³/mol. The van der Waals surface area contributed by atoms with Crippen LogP contribution in [-0.4, -0.2) is 26.0 Å². The van der Waals surface area contributed by atoms with Crippen LogP contribution < -0.4 is 5.32 Å². The van der Waals surface area contributed by atoms with Gasteiger partial charge in [0.1, 0.15) is 0 Å². The molecule has 0 aliphatic carbocycles. The zero-order valence-corrected chi connectivity index (χ0v) is 17.1. The molecule has 0 unspecified atom stereocenters. The quantitative estimate of drug-likeness (QED) is 0.384. The molecule has 6 nitrogen and oxygen atoms in total. The summed E-state index contributed by atoms with van der Waals surface area (Å²) in [6.07, 6.45) is 2.04. The van der Waals surface area contributed by atoms with Gasteiger partial charge in [0.15, 0.2) is 5.11 Å². The van der Waals surface area contributed by atoms with E-state index in [2.05, 4.69) is 39.0 Å². The van der Waals surface area contributed by atoms with Gasteiger partial charge in [0.25, 0.3) is 5.69 Å². The fourth-order valence-electron chi connectivity index (χ4n) is 3.82. The van der Waals surface area contributed by atoms with Gasteiger partial charge in [0, 0.05) is 42.8 Å². The van der Waals surface area contributed by atoms with Gasteiger partial charge in [0.2, 0.25) is 0 Å². The molecule has 0 amide bonds. The Bertz CT molecular complexity index is 1090. The van der Waals surface area contributed by atoms with Crippen LogP contribution in [0.15, 0.2) is 60.8 Å². The van der Waals surface area contributed by atoms with Crippen molar-refractivity contribution in [3.63, 3.8) is 0 Å². The van der Waals surface area contributed by atoms with Gasteiger partial charge in [-0.05, 0) is 61.0 Å². The Kier molecular flexibility index (Phi) is 5.07. The van der Waals surface area contributed by atoms with Crippen molar-refractivity contribution < 1.29 is 4.92 Å². The maximum atomic E-state index is 11.3. The summed E-state index contributed by atoms with van der Waals surface area (Å²) < 4.78 is 2.18. The first-order chi connectivity index (χ1) is 13.9. The number of aryl methyl sites for hydroxylation is 2. The molecule has 2 heterocycles. The second-order valence-electron chi connectivity index (χ2n) is 7.32. The number of thiocarbonyl (C=S) groups is 1. The van der Waals surface area contributed by atoms with Crippen LogP contribution >= 0.6 is 12.2 Å². The van der Waals surface area contributed by atoms with Crippen LogP contribution in [0.5, 0.6) is 0 Å². The molecule has 0 bridgehead atoms. The molecule has 0 saturated heterocycles. The van der Waals surface area contributed by atoms with Gasteiger partial charge in [0.05, 0.1) is 11.0 Å². The fraction of sp³-hybridized carbons (Fsp3) is 0.227. The molecule has 7 heteroatoms. The molecule has 0 fully saturated rings. The van der Waals surface area contributed by atoms with Crippen molar-refractivity contribution in [1.82, 2.24) is 9.47 Å². The van der Waals surface area contributed by atoms with Crippen LogP contribution in [0.3, 0.4) is 0 Å². The summed E-state index contributed by atoms with van der Waals surface area (Å²) in [5, 5.41) is 15.3. The SMILES string of the molecule is Cc1ccc(C)c(NC(=S)N2CCn3cccc3[C@@H]2c2cccc([N+](=O)[O-])c2)c1. The lowest BCUT2D eigenvalue weighted by Crippen LogP contribution is -2.44. The third-order valence-electron chi connectivity index (χ3n) is 5.33. The minimum Gasteiger partial charge on any atom is -0.348 e. The summed E-state index contributed by atoms with van der Waals surface area (Å²) in [6, 6.07) is 16.9. The van der Waals surface area contributed by atoms with E-state index in [9.17, 15) is 10.1 Å². The van der Waals surface area contributed by atoms with Gasteiger partial charge in [-0.3, -0.25) is 10.1 Å². The van der Waals surface area contributed by atoms with Crippen molar-refractivity contribution in [1.29, 1.82) is 0 Å². The Morgan fingerprint density at radius 3 is 2.76 bits per heavy atom. The number of hydrogen-bond acceptors (Lipinski definition) is 3. The average molecular weight is 407 g/mol. The highest BCUT2D eigenvalue weighted by Gasteiger charge is 2.31. The van der Waals surface area contributed by atoms with Crippen molar-refractivity contribution in [2.24, 2.45) is 0 Å². The van der Waals surface area contributed by atoms with Crippen LogP contribution in [0.25, 0.3) is 0 Å². The Morgan fingerprint density at radius 1 is 1.14 bits per heavy atom. The lowest BCUT2D eigenvalue weighted by atomic mass is 9.99. The average Bonchev–Trinajstić information content (AvgIpc) is 3.18. The zero-order chi connectivity index (χ0) is 20.5. The molecule has 1 N–H and O–H groups in total. The lowest BCUT2D eigenvalue weighted by molar-refractivity contribution is -0.384. The van der Waals surface area contributed by atoms with E-state index in [0.717, 1.165) is 34.6 Å². The summed E-state index contributed by atoms with van der Waals surface area (Å²) in [4.78, 5) is 13.1. The number of benzene rings is 2. The summed E-state index contributed by atoms with van der Waals surface area (Å²) in [7, 11) is 0. The molecule has 1 aromatic heterocycles. The van der Waals surface area contributed by atoms with Crippen LogP contribution in [0.4, 0.5) is 11.4 Å². The number of non-ortho nitro benzene ring substituents is 1. The van der Waals surface area contributed by atoms with Crippen molar-refractivity contribution in [3.8, 4) is 0 Å². The molecule has 2 aromatic carbocycles. The molecule has 148 valence electrons. The van der Waals surface area contributed by atoms with Crippen LogP contribution in [0, 0.1) is 24.0 Å². The number of nitro groups is 1. The molecule has 1 aliphatic heterocycles. The van der Waals surface area contributed by atoms with E-state index in [1.807, 2.05) is 32.2 Å². The zero-order valence-electron chi connectivity index (χ0n) is 16.3. The monoisotopic (exact) mass is 406 g/mol. The fourth-order valence-corrected chi connectivity index (χ4v) is 4.13. The highest BCUT2D eigenvalue weighted by molar-refractivity contribution is 7.80. The topological polar surface area (TPSA) is 63.3 Å². The summed E-state index contributed by atoms with van der Waals surface area (Å²) in [5.41, 5.74) is 5.26. The normalized spacial score (nSPS) is 15.7. The molecule has 0 radical (unpaired) electrons. The maximum Gasteiger partial charge on any atom is 0.269 e. The Morgan fingerprint density at radius 2 is 1.97 bits per heavy atom. The largest absolute Gasteiger partial charge is 0.348 e. The molecule has 0 saturated carbocycles. The van der Waals surface area contributed by atoms with Crippen molar-refractivity contribution >= 4 is 28.7 Å². The van der Waals surface area contributed by atoms with E-state index in [1.54, 1.807) is 12.1 Å². The Balaban J connectivity index is 1.72. The predicted octanol–water partition coefficient (Wildman–Crippen LogP) is 4.82. The molecule has 29 heavy (non-hydrogen) atoms. The van der Waals surface area contributed by atoms with Crippen molar-refractivity contribution in [2.45, 2.75) is 26.4 Å². The van der Waals surface area contributed by atoms with E-state index in [0.29, 0.717) is 11.7 Å². The van der Waals surface area contributed by atoms with Gasteiger partial charge >= 0.3 is 0 Å². The lowest BCUT2D eigenvalue weighted by Gasteiger charge is -2.39. The van der Waals surface area contributed by atoms with Crippen molar-refractivity contribution in [3.05, 3.63) is 93.3 Å². The van der Waals surface area contributed by atoms with E-state index >= 15 is 0 Å². The van der Waals surface area contributed by atoms with E-state index < -0.39 is 0 Å². The van der Waals surface area contributed by atoms with Gasteiger partial charge in [-0.1, -0.05) is 24.3 Å². The highest BCUT2D eigenvalue weighted by atomic mass is 32.1. The molecular formula is C22H22N4O2S. The second-order valence-corrected chi connectivity index (χ2v) is 7.71. The number of rotatable bonds is 3. The minimum atomic E-state index is -0.359. The van der Waals surface area contributed by atoms with Gasteiger partial charge in [-0.25, -0.2) is 0 Å². The van der Waals surface area contributed by atoms with Gasteiger partial charge < -0.3 is 14.8 Å². The summed E-state index contributed by atoms with van der Waals surface area (Å²) in [5.74, 6) is 0. The molecule has 1 aliphatic rings. The van der Waals surface area contributed by atoms with Crippen LogP contribution in [0.1, 0.15) is 28.4 Å². The third kappa shape index (κ3) is 3.73. The Labute approximate surface area is 174 Å². The summed E-state index contributed by atoms with van der Waals surface area (Å²) >= 11 is 5.80. The number of nitro benzene ring substituents is 1. The molecule has 3 aromatic rings.